The van der Waals surface area contributed by atoms with Crippen LogP contribution in [0.2, 0.25) is 0 Å². The molecule has 0 spiro atoms. The lowest BCUT2D eigenvalue weighted by Crippen LogP contribution is -2.34. The Kier molecular flexibility index (Phi) is 2.91. The Morgan fingerprint density at radius 1 is 1.50 bits per heavy atom. The monoisotopic (exact) mass is 200 g/mol. The third-order valence-electron chi connectivity index (χ3n) is 2.78. The van der Waals surface area contributed by atoms with Gasteiger partial charge in [-0.05, 0) is 24.7 Å². The number of ether oxygens (including phenoxy) is 1. The van der Waals surface area contributed by atoms with Crippen molar-refractivity contribution in [2.24, 2.45) is 10.8 Å². The number of hydrogen-bond donors (Lipinski definition) is 1. The Balaban J connectivity index is 2.62. The minimum atomic E-state index is -0.938. The van der Waals surface area contributed by atoms with E-state index in [-0.39, 0.29) is 10.8 Å². The van der Waals surface area contributed by atoms with Crippen molar-refractivity contribution in [1.29, 1.82) is 0 Å². The fourth-order valence-electron chi connectivity index (χ4n) is 2.13. The Labute approximate surface area is 85.5 Å². The Hall–Kier alpha value is -0.570. The van der Waals surface area contributed by atoms with Gasteiger partial charge in [0.1, 0.15) is 0 Å². The second kappa shape index (κ2) is 3.54. The van der Waals surface area contributed by atoms with Crippen molar-refractivity contribution in [2.75, 3.05) is 7.11 Å². The molecule has 82 valence electrons. The molecular formula is C11H20O3. The summed E-state index contributed by atoms with van der Waals surface area (Å²) in [5, 5.41) is 9.80. The highest BCUT2D eigenvalue weighted by atomic mass is 16.5. The van der Waals surface area contributed by atoms with Crippen molar-refractivity contribution >= 4 is 5.97 Å². The summed E-state index contributed by atoms with van der Waals surface area (Å²) in [5.41, 5.74) is -0.0587. The molecule has 1 atom stereocenters. The molecule has 1 aliphatic carbocycles. The quantitative estimate of drug-likeness (QED) is 0.706. The maximum absolute atomic E-state index is 11.2. The van der Waals surface area contributed by atoms with Crippen LogP contribution in [0.3, 0.4) is 0 Å². The largest absolute Gasteiger partial charge is 0.467 e. The maximum atomic E-state index is 11.2. The third kappa shape index (κ3) is 2.47. The van der Waals surface area contributed by atoms with Gasteiger partial charge in [-0.2, -0.15) is 0 Å². The molecule has 1 saturated carbocycles. The van der Waals surface area contributed by atoms with Crippen LogP contribution in [0.5, 0.6) is 0 Å². The number of esters is 1. The topological polar surface area (TPSA) is 46.5 Å². The lowest BCUT2D eigenvalue weighted by atomic mass is 9.80. The lowest BCUT2D eigenvalue weighted by molar-refractivity contribution is -0.155. The van der Waals surface area contributed by atoms with Gasteiger partial charge in [-0.3, -0.25) is 0 Å². The van der Waals surface area contributed by atoms with Gasteiger partial charge >= 0.3 is 5.97 Å². The van der Waals surface area contributed by atoms with Gasteiger partial charge in [0.15, 0.2) is 6.10 Å². The van der Waals surface area contributed by atoms with Gasteiger partial charge in [0.05, 0.1) is 7.11 Å². The number of methoxy groups -OCH3 is 1. The van der Waals surface area contributed by atoms with Gasteiger partial charge in [-0.1, -0.05) is 20.8 Å². The predicted octanol–water partition coefficient (Wildman–Crippen LogP) is 1.74. The molecule has 1 aliphatic rings. The highest BCUT2D eigenvalue weighted by Crippen LogP contribution is 2.55. The van der Waals surface area contributed by atoms with Crippen LogP contribution in [0.4, 0.5) is 0 Å². The van der Waals surface area contributed by atoms with Crippen molar-refractivity contribution in [3.8, 4) is 0 Å². The van der Waals surface area contributed by atoms with Gasteiger partial charge in [-0.25, -0.2) is 4.79 Å². The fraction of sp³-hybridized carbons (Fsp3) is 0.909. The average Bonchev–Trinajstić information content (AvgIpc) is 2.80. The summed E-state index contributed by atoms with van der Waals surface area (Å²) >= 11 is 0. The molecule has 3 nitrogen and oxygen atoms in total. The van der Waals surface area contributed by atoms with E-state index < -0.39 is 12.1 Å². The maximum Gasteiger partial charge on any atom is 0.335 e. The first-order valence-electron chi connectivity index (χ1n) is 5.07. The normalized spacial score (nSPS) is 21.5. The molecule has 1 unspecified atom stereocenters. The van der Waals surface area contributed by atoms with Crippen molar-refractivity contribution in [3.63, 3.8) is 0 Å². The molecule has 0 aromatic heterocycles. The summed E-state index contributed by atoms with van der Waals surface area (Å²) in [6.07, 6.45) is 1.80. The summed E-state index contributed by atoms with van der Waals surface area (Å²) < 4.78 is 4.56. The second-order valence-electron chi connectivity index (χ2n) is 5.53. The molecule has 14 heavy (non-hydrogen) atoms. The summed E-state index contributed by atoms with van der Waals surface area (Å²) in [7, 11) is 1.32. The molecule has 1 fully saturated rings. The SMILES string of the molecule is COC(=O)C(O)C1(CC(C)(C)C)CC1. The lowest BCUT2D eigenvalue weighted by Gasteiger charge is -2.28. The van der Waals surface area contributed by atoms with E-state index in [4.69, 9.17) is 0 Å². The molecule has 0 aliphatic heterocycles. The van der Waals surface area contributed by atoms with Crippen LogP contribution in [0.1, 0.15) is 40.0 Å². The number of aliphatic hydroxyl groups excluding tert-OH is 1. The van der Waals surface area contributed by atoms with Crippen LogP contribution >= 0.6 is 0 Å². The van der Waals surface area contributed by atoms with Gasteiger partial charge in [-0.15, -0.1) is 0 Å². The zero-order chi connectivity index (χ0) is 11.0. The molecule has 1 rings (SSSR count). The van der Waals surface area contributed by atoms with E-state index in [1.807, 2.05) is 0 Å². The van der Waals surface area contributed by atoms with E-state index >= 15 is 0 Å². The first kappa shape index (κ1) is 11.5. The molecule has 0 bridgehead atoms. The Morgan fingerprint density at radius 3 is 2.29 bits per heavy atom. The van der Waals surface area contributed by atoms with E-state index in [1.54, 1.807) is 0 Å². The molecule has 0 aromatic carbocycles. The highest BCUT2D eigenvalue weighted by Gasteiger charge is 2.53. The molecule has 3 heteroatoms. The first-order valence-corrected chi connectivity index (χ1v) is 5.07. The van der Waals surface area contributed by atoms with Crippen molar-refractivity contribution in [3.05, 3.63) is 0 Å². The zero-order valence-corrected chi connectivity index (χ0v) is 9.46. The van der Waals surface area contributed by atoms with Crippen LogP contribution in [0.15, 0.2) is 0 Å². The average molecular weight is 200 g/mol. The van der Waals surface area contributed by atoms with Gasteiger partial charge in [0.25, 0.3) is 0 Å². The summed E-state index contributed by atoms with van der Waals surface area (Å²) in [6, 6.07) is 0. The standard InChI is InChI=1S/C11H20O3/c1-10(2,3)7-11(5-6-11)8(12)9(13)14-4/h8,12H,5-7H2,1-4H3. The molecule has 0 heterocycles. The van der Waals surface area contributed by atoms with Crippen molar-refractivity contribution < 1.29 is 14.6 Å². The van der Waals surface area contributed by atoms with Gasteiger partial charge in [0, 0.05) is 5.41 Å². The van der Waals surface area contributed by atoms with Crippen LogP contribution in [-0.4, -0.2) is 24.3 Å². The van der Waals surface area contributed by atoms with E-state index in [0.717, 1.165) is 19.3 Å². The molecular weight excluding hydrogens is 180 g/mol. The van der Waals surface area contributed by atoms with E-state index in [2.05, 4.69) is 25.5 Å². The number of carbonyl (C=O) groups excluding carboxylic acids is 1. The minimum absolute atomic E-state index is 0.144. The third-order valence-corrected chi connectivity index (χ3v) is 2.78. The Bertz CT molecular complexity index is 223. The summed E-state index contributed by atoms with van der Waals surface area (Å²) in [4.78, 5) is 11.2. The molecule has 0 amide bonds. The van der Waals surface area contributed by atoms with E-state index in [9.17, 15) is 9.90 Å². The van der Waals surface area contributed by atoms with E-state index in [0.29, 0.717) is 0 Å². The highest BCUT2D eigenvalue weighted by molar-refractivity contribution is 5.75. The number of carbonyl (C=O) groups is 1. The van der Waals surface area contributed by atoms with Crippen LogP contribution in [0, 0.1) is 10.8 Å². The van der Waals surface area contributed by atoms with E-state index in [1.165, 1.54) is 7.11 Å². The zero-order valence-electron chi connectivity index (χ0n) is 9.46. The van der Waals surface area contributed by atoms with Crippen LogP contribution < -0.4 is 0 Å². The first-order chi connectivity index (χ1) is 6.31. The molecule has 0 aromatic rings. The second-order valence-corrected chi connectivity index (χ2v) is 5.53. The number of rotatable bonds is 3. The molecule has 1 N–H and O–H groups in total. The van der Waals surface area contributed by atoms with Crippen molar-refractivity contribution in [2.45, 2.75) is 46.1 Å². The molecule has 0 radical (unpaired) electrons. The summed E-state index contributed by atoms with van der Waals surface area (Å²) in [5.74, 6) is -0.494. The number of hydrogen-bond acceptors (Lipinski definition) is 3. The smallest absolute Gasteiger partial charge is 0.335 e. The molecule has 0 saturated heterocycles. The number of aliphatic hydroxyl groups is 1. The summed E-state index contributed by atoms with van der Waals surface area (Å²) in [6.45, 7) is 6.37. The van der Waals surface area contributed by atoms with Crippen LogP contribution in [-0.2, 0) is 9.53 Å². The fourth-order valence-corrected chi connectivity index (χ4v) is 2.13. The van der Waals surface area contributed by atoms with Crippen molar-refractivity contribution in [1.82, 2.24) is 0 Å². The Morgan fingerprint density at radius 2 is 2.00 bits per heavy atom. The van der Waals surface area contributed by atoms with Crippen LogP contribution in [0.25, 0.3) is 0 Å². The minimum Gasteiger partial charge on any atom is -0.467 e. The van der Waals surface area contributed by atoms with Gasteiger partial charge in [0.2, 0.25) is 0 Å². The van der Waals surface area contributed by atoms with Gasteiger partial charge < -0.3 is 9.84 Å². The predicted molar refractivity (Wildman–Crippen MR) is 53.8 cm³/mol.